The van der Waals surface area contributed by atoms with Gasteiger partial charge in [-0.05, 0) is 75.6 Å². The van der Waals surface area contributed by atoms with E-state index in [4.69, 9.17) is 26.2 Å². The van der Waals surface area contributed by atoms with Gasteiger partial charge >= 0.3 is 0 Å². The summed E-state index contributed by atoms with van der Waals surface area (Å²) in [4.78, 5) is 0.0682. The van der Waals surface area contributed by atoms with Crippen LogP contribution in [0.5, 0.6) is 11.5 Å². The van der Waals surface area contributed by atoms with Gasteiger partial charge in [-0.2, -0.15) is 0 Å². The monoisotopic (exact) mass is 510 g/mol. The standard InChI is InChI=1S/C21H20BrClN2O4S/c1-28-20-11-15(12-25-17-5-7-18(8-6-17)30(24,26)27)10-19(22)21(20)29-13-14-3-2-4-16(23)9-14/h2-11,25H,12-13H2,1H3,(H2,24,26,27). The van der Waals surface area contributed by atoms with Gasteiger partial charge in [0.1, 0.15) is 6.61 Å². The molecule has 0 spiro atoms. The molecule has 3 N–H and O–H groups in total. The number of nitrogens with one attached hydrogen (secondary N) is 1. The molecular formula is C21H20BrClN2O4S. The highest BCUT2D eigenvalue weighted by molar-refractivity contribution is 9.10. The second-order valence-electron chi connectivity index (χ2n) is 6.45. The Morgan fingerprint density at radius 1 is 1.07 bits per heavy atom. The maximum atomic E-state index is 11.3. The van der Waals surface area contributed by atoms with Crippen molar-refractivity contribution in [2.45, 2.75) is 18.0 Å². The van der Waals surface area contributed by atoms with E-state index in [0.717, 1.165) is 21.3 Å². The van der Waals surface area contributed by atoms with Gasteiger partial charge in [0, 0.05) is 17.3 Å². The Bertz CT molecular complexity index is 1140. The van der Waals surface area contributed by atoms with E-state index in [0.29, 0.717) is 29.7 Å². The lowest BCUT2D eigenvalue weighted by molar-refractivity contribution is 0.282. The Hall–Kier alpha value is -2.26. The summed E-state index contributed by atoms with van der Waals surface area (Å²) in [5.41, 5.74) is 2.66. The molecule has 0 amide bonds. The molecule has 0 radical (unpaired) electrons. The highest BCUT2D eigenvalue weighted by Gasteiger charge is 2.13. The summed E-state index contributed by atoms with van der Waals surface area (Å²) in [5, 5.41) is 9.01. The molecule has 0 aliphatic carbocycles. The van der Waals surface area contributed by atoms with Gasteiger partial charge in [0.25, 0.3) is 0 Å². The predicted molar refractivity (Wildman–Crippen MR) is 122 cm³/mol. The first-order valence-corrected chi connectivity index (χ1v) is 11.6. The van der Waals surface area contributed by atoms with Crippen LogP contribution in [0.3, 0.4) is 0 Å². The quantitative estimate of drug-likeness (QED) is 0.447. The molecule has 9 heteroatoms. The van der Waals surface area contributed by atoms with Crippen LogP contribution in [0.4, 0.5) is 5.69 Å². The van der Waals surface area contributed by atoms with E-state index in [1.165, 1.54) is 12.1 Å². The number of hydrogen-bond donors (Lipinski definition) is 2. The predicted octanol–water partition coefficient (Wildman–Crippen LogP) is 4.95. The molecule has 30 heavy (non-hydrogen) atoms. The lowest BCUT2D eigenvalue weighted by Crippen LogP contribution is -2.12. The third-order valence-electron chi connectivity index (χ3n) is 4.24. The molecule has 0 heterocycles. The molecule has 3 aromatic rings. The number of sulfonamides is 1. The molecule has 0 atom stereocenters. The van der Waals surface area contributed by atoms with Crippen molar-refractivity contribution >= 4 is 43.2 Å². The van der Waals surface area contributed by atoms with Gasteiger partial charge in [0.2, 0.25) is 10.0 Å². The Kier molecular flexibility index (Phi) is 7.25. The van der Waals surface area contributed by atoms with Crippen LogP contribution in [-0.2, 0) is 23.2 Å². The summed E-state index contributed by atoms with van der Waals surface area (Å²) in [6.45, 7) is 0.849. The minimum Gasteiger partial charge on any atom is -0.493 e. The topological polar surface area (TPSA) is 90.6 Å². The van der Waals surface area contributed by atoms with E-state index in [9.17, 15) is 8.42 Å². The highest BCUT2D eigenvalue weighted by Crippen LogP contribution is 2.37. The second-order valence-corrected chi connectivity index (χ2v) is 9.30. The van der Waals surface area contributed by atoms with Crippen LogP contribution in [0.2, 0.25) is 5.02 Å². The summed E-state index contributed by atoms with van der Waals surface area (Å²) in [6, 6.07) is 17.5. The van der Waals surface area contributed by atoms with Crippen LogP contribution < -0.4 is 19.9 Å². The van der Waals surface area contributed by atoms with Crippen molar-refractivity contribution < 1.29 is 17.9 Å². The van der Waals surface area contributed by atoms with Crippen molar-refractivity contribution in [2.75, 3.05) is 12.4 Å². The zero-order valence-electron chi connectivity index (χ0n) is 16.1. The van der Waals surface area contributed by atoms with Crippen LogP contribution in [0.15, 0.2) is 70.0 Å². The summed E-state index contributed by atoms with van der Waals surface area (Å²) in [5.74, 6) is 1.19. The lowest BCUT2D eigenvalue weighted by Gasteiger charge is -2.15. The molecule has 0 fully saturated rings. The van der Waals surface area contributed by atoms with Crippen molar-refractivity contribution in [3.05, 3.63) is 81.3 Å². The number of nitrogens with two attached hydrogens (primary N) is 1. The fourth-order valence-electron chi connectivity index (χ4n) is 2.76. The smallest absolute Gasteiger partial charge is 0.238 e. The summed E-state index contributed by atoms with van der Waals surface area (Å²) in [7, 11) is -2.13. The zero-order chi connectivity index (χ0) is 21.7. The Morgan fingerprint density at radius 3 is 2.43 bits per heavy atom. The number of ether oxygens (including phenoxy) is 2. The number of hydrogen-bond acceptors (Lipinski definition) is 5. The number of benzene rings is 3. The van der Waals surface area contributed by atoms with Crippen molar-refractivity contribution in [1.82, 2.24) is 0 Å². The second kappa shape index (κ2) is 9.70. The van der Waals surface area contributed by atoms with E-state index >= 15 is 0 Å². The number of methoxy groups -OCH3 is 1. The molecule has 3 rings (SSSR count). The van der Waals surface area contributed by atoms with Gasteiger partial charge < -0.3 is 14.8 Å². The van der Waals surface area contributed by atoms with E-state index in [-0.39, 0.29) is 4.90 Å². The van der Waals surface area contributed by atoms with Crippen LogP contribution in [0.1, 0.15) is 11.1 Å². The Labute approximate surface area is 189 Å². The largest absolute Gasteiger partial charge is 0.493 e. The molecule has 0 aromatic heterocycles. The fourth-order valence-corrected chi connectivity index (χ4v) is 4.10. The molecule has 6 nitrogen and oxygen atoms in total. The number of primary sulfonamides is 1. The van der Waals surface area contributed by atoms with Crippen molar-refractivity contribution in [1.29, 1.82) is 0 Å². The molecule has 0 unspecified atom stereocenters. The highest BCUT2D eigenvalue weighted by atomic mass is 79.9. The van der Waals surface area contributed by atoms with Crippen LogP contribution >= 0.6 is 27.5 Å². The summed E-state index contributed by atoms with van der Waals surface area (Å²) in [6.07, 6.45) is 0. The van der Waals surface area contributed by atoms with E-state index < -0.39 is 10.0 Å². The van der Waals surface area contributed by atoms with E-state index in [1.807, 2.05) is 36.4 Å². The third kappa shape index (κ3) is 5.89. The first kappa shape index (κ1) is 22.4. The normalized spacial score (nSPS) is 11.2. The average Bonchev–Trinajstić information content (AvgIpc) is 2.70. The lowest BCUT2D eigenvalue weighted by atomic mass is 10.2. The van der Waals surface area contributed by atoms with E-state index in [2.05, 4.69) is 21.2 Å². The molecule has 0 saturated carbocycles. The van der Waals surface area contributed by atoms with Crippen LogP contribution in [0, 0.1) is 0 Å². The van der Waals surface area contributed by atoms with Crippen molar-refractivity contribution in [3.8, 4) is 11.5 Å². The fraction of sp³-hybridized carbons (Fsp3) is 0.143. The molecule has 3 aromatic carbocycles. The minimum atomic E-state index is -3.71. The SMILES string of the molecule is COc1cc(CNc2ccc(S(N)(=O)=O)cc2)cc(Br)c1OCc1cccc(Cl)c1. The number of anilines is 1. The van der Waals surface area contributed by atoms with Gasteiger partial charge in [0.15, 0.2) is 11.5 Å². The molecular weight excluding hydrogens is 492 g/mol. The van der Waals surface area contributed by atoms with Crippen molar-refractivity contribution in [3.63, 3.8) is 0 Å². The first-order valence-electron chi connectivity index (χ1n) is 8.86. The van der Waals surface area contributed by atoms with Crippen molar-refractivity contribution in [2.24, 2.45) is 5.14 Å². The Balaban J connectivity index is 1.70. The Morgan fingerprint density at radius 2 is 1.80 bits per heavy atom. The van der Waals surface area contributed by atoms with Gasteiger partial charge in [0.05, 0.1) is 16.5 Å². The van der Waals surface area contributed by atoms with Crippen LogP contribution in [0.25, 0.3) is 0 Å². The van der Waals surface area contributed by atoms with Gasteiger partial charge in [-0.3, -0.25) is 0 Å². The van der Waals surface area contributed by atoms with Gasteiger partial charge in [-0.15, -0.1) is 0 Å². The first-order chi connectivity index (χ1) is 14.3. The van der Waals surface area contributed by atoms with E-state index in [1.54, 1.807) is 19.2 Å². The maximum Gasteiger partial charge on any atom is 0.238 e. The number of halogens is 2. The molecule has 0 saturated heterocycles. The van der Waals surface area contributed by atoms with Gasteiger partial charge in [-0.25, -0.2) is 13.6 Å². The van der Waals surface area contributed by atoms with Gasteiger partial charge in [-0.1, -0.05) is 23.7 Å². The average molecular weight is 512 g/mol. The minimum absolute atomic E-state index is 0.0682. The zero-order valence-corrected chi connectivity index (χ0v) is 19.2. The molecule has 158 valence electrons. The third-order valence-corrected chi connectivity index (χ3v) is 5.99. The number of rotatable bonds is 8. The molecule has 0 aliphatic heterocycles. The summed E-state index contributed by atoms with van der Waals surface area (Å²) >= 11 is 9.57. The molecule has 0 aliphatic rings. The molecule has 0 bridgehead atoms. The maximum absolute atomic E-state index is 11.3. The summed E-state index contributed by atoms with van der Waals surface area (Å²) < 4.78 is 34.9. The van der Waals surface area contributed by atoms with Crippen LogP contribution in [-0.4, -0.2) is 15.5 Å².